The van der Waals surface area contributed by atoms with Crippen LogP contribution in [0.1, 0.15) is 54.2 Å². The molecule has 0 spiro atoms. The van der Waals surface area contributed by atoms with E-state index in [9.17, 15) is 9.59 Å². The summed E-state index contributed by atoms with van der Waals surface area (Å²) >= 11 is 0. The molecule has 34 heavy (non-hydrogen) atoms. The van der Waals surface area contributed by atoms with E-state index in [4.69, 9.17) is 19.9 Å². The molecule has 0 unspecified atom stereocenters. The van der Waals surface area contributed by atoms with Gasteiger partial charge in [-0.3, -0.25) is 14.2 Å². The molecule has 2 aromatic heterocycles. The number of esters is 2. The number of imidazole rings is 1. The van der Waals surface area contributed by atoms with Crippen LogP contribution in [0.5, 0.6) is 0 Å². The van der Waals surface area contributed by atoms with E-state index < -0.39 is 41.5 Å². The van der Waals surface area contributed by atoms with Gasteiger partial charge in [-0.15, -0.1) is 0 Å². The zero-order chi connectivity index (χ0) is 25.4. The van der Waals surface area contributed by atoms with Crippen molar-refractivity contribution in [2.45, 2.75) is 72.1 Å². The van der Waals surface area contributed by atoms with Gasteiger partial charge in [-0.2, -0.15) is 9.97 Å². The molecule has 188 valence electrons. The average molecular weight is 481 g/mol. The zero-order valence-electron chi connectivity index (χ0n) is 20.6. The minimum Gasteiger partial charge on any atom is -0.462 e. The van der Waals surface area contributed by atoms with Gasteiger partial charge < -0.3 is 25.3 Å². The summed E-state index contributed by atoms with van der Waals surface area (Å²) in [5.41, 5.74) is 3.45. The standard InChI is InChI=1S/C22H33FN6O5/c1-11(2)8-13(30)34-15-12(9-32-19(31)21(3,4)5)33-18(22(15,6)23)29-10-26-14-16(25-7)27-20(24)28-17(14)29/h10-12,15,18H,8-9H2,1-7H3,(H3,24,25,27,28)/t12-,15-,18-,22-/m1/s1. The molecule has 4 atom stereocenters. The number of hydrogen-bond acceptors (Lipinski definition) is 10. The largest absolute Gasteiger partial charge is 0.462 e. The Morgan fingerprint density at radius 2 is 2.03 bits per heavy atom. The summed E-state index contributed by atoms with van der Waals surface area (Å²) < 4.78 is 34.6. The van der Waals surface area contributed by atoms with Crippen LogP contribution in [-0.4, -0.2) is 63.0 Å². The topological polar surface area (TPSA) is 143 Å². The predicted octanol–water partition coefficient (Wildman–Crippen LogP) is 2.62. The van der Waals surface area contributed by atoms with E-state index in [0.29, 0.717) is 11.3 Å². The van der Waals surface area contributed by atoms with Crippen molar-refractivity contribution in [1.29, 1.82) is 0 Å². The van der Waals surface area contributed by atoms with Gasteiger partial charge in [0.25, 0.3) is 0 Å². The third kappa shape index (κ3) is 5.06. The maximum atomic E-state index is 16.3. The Labute approximate surface area is 197 Å². The summed E-state index contributed by atoms with van der Waals surface area (Å²) in [6.07, 6.45) is -2.21. The van der Waals surface area contributed by atoms with Crippen LogP contribution in [0.2, 0.25) is 0 Å². The zero-order valence-corrected chi connectivity index (χ0v) is 20.6. The van der Waals surface area contributed by atoms with Gasteiger partial charge in [-0.1, -0.05) is 13.8 Å². The lowest BCUT2D eigenvalue weighted by molar-refractivity contribution is -0.165. The highest BCUT2D eigenvalue weighted by molar-refractivity contribution is 5.84. The van der Waals surface area contributed by atoms with Crippen LogP contribution in [0.25, 0.3) is 11.2 Å². The summed E-state index contributed by atoms with van der Waals surface area (Å²) in [6.45, 7) is 9.79. The molecule has 0 bridgehead atoms. The first kappa shape index (κ1) is 25.6. The monoisotopic (exact) mass is 480 g/mol. The highest BCUT2D eigenvalue weighted by Crippen LogP contribution is 2.44. The number of aromatic nitrogens is 4. The number of halogens is 1. The van der Waals surface area contributed by atoms with Gasteiger partial charge in [0.2, 0.25) is 5.95 Å². The molecular formula is C22H33FN6O5. The molecule has 11 nitrogen and oxygen atoms in total. The maximum absolute atomic E-state index is 16.3. The number of carbonyl (C=O) groups is 2. The molecule has 0 radical (unpaired) electrons. The Balaban J connectivity index is 1.97. The first-order valence-corrected chi connectivity index (χ1v) is 11.1. The van der Waals surface area contributed by atoms with Crippen molar-refractivity contribution in [2.24, 2.45) is 11.3 Å². The second-order valence-corrected chi connectivity index (χ2v) is 10.0. The molecule has 12 heteroatoms. The van der Waals surface area contributed by atoms with Crippen LogP contribution in [-0.2, 0) is 23.8 Å². The Morgan fingerprint density at radius 1 is 1.35 bits per heavy atom. The van der Waals surface area contributed by atoms with Crippen molar-refractivity contribution >= 4 is 34.9 Å². The van der Waals surface area contributed by atoms with Crippen LogP contribution < -0.4 is 11.1 Å². The second-order valence-electron chi connectivity index (χ2n) is 10.0. The van der Waals surface area contributed by atoms with Crippen LogP contribution in [0.15, 0.2) is 6.33 Å². The average Bonchev–Trinajstić information content (AvgIpc) is 3.23. The molecule has 0 aromatic carbocycles. The van der Waals surface area contributed by atoms with Crippen molar-refractivity contribution in [3.63, 3.8) is 0 Å². The van der Waals surface area contributed by atoms with Gasteiger partial charge >= 0.3 is 11.9 Å². The van der Waals surface area contributed by atoms with Gasteiger partial charge in [0, 0.05) is 13.5 Å². The SMILES string of the molecule is CNc1nc(N)nc2c1ncn2[C@@H]1O[C@H](COC(=O)C(C)(C)C)[C@@H](OC(=O)CC(C)C)[C@@]1(C)F. The lowest BCUT2D eigenvalue weighted by Crippen LogP contribution is -2.44. The maximum Gasteiger partial charge on any atom is 0.311 e. The quantitative estimate of drug-likeness (QED) is 0.568. The third-order valence-electron chi connectivity index (χ3n) is 5.43. The summed E-state index contributed by atoms with van der Waals surface area (Å²) in [6, 6.07) is 0. The Kier molecular flexibility index (Phi) is 7.02. The number of rotatable bonds is 7. The van der Waals surface area contributed by atoms with Crippen LogP contribution >= 0.6 is 0 Å². The smallest absolute Gasteiger partial charge is 0.311 e. The molecule has 3 heterocycles. The highest BCUT2D eigenvalue weighted by Gasteiger charge is 2.58. The van der Waals surface area contributed by atoms with E-state index in [1.165, 1.54) is 17.8 Å². The number of ether oxygens (including phenoxy) is 3. The number of alkyl halides is 1. The number of nitrogens with two attached hydrogens (primary N) is 1. The van der Waals surface area contributed by atoms with Crippen molar-refractivity contribution in [3.8, 4) is 0 Å². The van der Waals surface area contributed by atoms with Gasteiger partial charge in [0.05, 0.1) is 11.7 Å². The first-order chi connectivity index (χ1) is 15.8. The van der Waals surface area contributed by atoms with Crippen molar-refractivity contribution in [3.05, 3.63) is 6.33 Å². The van der Waals surface area contributed by atoms with Crippen LogP contribution in [0.3, 0.4) is 0 Å². The van der Waals surface area contributed by atoms with E-state index in [-0.39, 0.29) is 30.5 Å². The number of carbonyl (C=O) groups excluding carboxylic acids is 2. The molecule has 0 amide bonds. The molecule has 0 saturated carbocycles. The summed E-state index contributed by atoms with van der Waals surface area (Å²) in [5, 5.41) is 2.88. The first-order valence-electron chi connectivity index (χ1n) is 11.1. The Hall–Kier alpha value is -3.02. The van der Waals surface area contributed by atoms with Crippen molar-refractivity contribution in [2.75, 3.05) is 24.7 Å². The highest BCUT2D eigenvalue weighted by atomic mass is 19.1. The minimum absolute atomic E-state index is 0.0193. The van der Waals surface area contributed by atoms with Crippen molar-refractivity contribution < 1.29 is 28.2 Å². The molecule has 1 aliphatic rings. The molecule has 1 fully saturated rings. The number of nitrogens with zero attached hydrogens (tertiary/aromatic N) is 4. The van der Waals surface area contributed by atoms with E-state index in [2.05, 4.69) is 20.3 Å². The van der Waals surface area contributed by atoms with Gasteiger partial charge in [-0.05, 0) is 33.6 Å². The van der Waals surface area contributed by atoms with Crippen LogP contribution in [0, 0.1) is 11.3 Å². The number of nitrogens with one attached hydrogen (secondary N) is 1. The van der Waals surface area contributed by atoms with Gasteiger partial charge in [-0.25, -0.2) is 9.37 Å². The number of nitrogen functional groups attached to an aromatic ring is 1. The number of fused-ring (bicyclic) bond motifs is 1. The Bertz CT molecular complexity index is 1060. The molecule has 1 aliphatic heterocycles. The fourth-order valence-corrected chi connectivity index (χ4v) is 3.71. The normalized spacial score (nSPS) is 25.0. The molecule has 2 aromatic rings. The number of anilines is 2. The van der Waals surface area contributed by atoms with E-state index in [1.807, 2.05) is 13.8 Å². The van der Waals surface area contributed by atoms with E-state index in [1.54, 1.807) is 27.8 Å². The summed E-state index contributed by atoms with van der Waals surface area (Å²) in [4.78, 5) is 37.3. The Morgan fingerprint density at radius 3 is 2.62 bits per heavy atom. The fraction of sp³-hybridized carbons (Fsp3) is 0.682. The second kappa shape index (κ2) is 9.32. The molecule has 3 rings (SSSR count). The summed E-state index contributed by atoms with van der Waals surface area (Å²) in [7, 11) is 1.65. The molecular weight excluding hydrogens is 447 g/mol. The molecule has 1 saturated heterocycles. The van der Waals surface area contributed by atoms with Crippen LogP contribution in [0.4, 0.5) is 16.2 Å². The van der Waals surface area contributed by atoms with E-state index in [0.717, 1.165) is 0 Å². The van der Waals surface area contributed by atoms with Gasteiger partial charge in [0.1, 0.15) is 12.7 Å². The third-order valence-corrected chi connectivity index (χ3v) is 5.43. The van der Waals surface area contributed by atoms with E-state index >= 15 is 4.39 Å². The summed E-state index contributed by atoms with van der Waals surface area (Å²) in [5.74, 6) is -0.701. The molecule has 0 aliphatic carbocycles. The van der Waals surface area contributed by atoms with Gasteiger partial charge in [0.15, 0.2) is 35.0 Å². The minimum atomic E-state index is -2.21. The lowest BCUT2D eigenvalue weighted by atomic mass is 9.96. The predicted molar refractivity (Wildman–Crippen MR) is 122 cm³/mol. The fourth-order valence-electron chi connectivity index (χ4n) is 3.71. The lowest BCUT2D eigenvalue weighted by Gasteiger charge is -2.28. The van der Waals surface area contributed by atoms with Crippen molar-refractivity contribution in [1.82, 2.24) is 19.5 Å². The number of hydrogen-bond donors (Lipinski definition) is 2. The molecule has 3 N–H and O–H groups in total.